The number of para-hydroxylation sites is 1. The lowest BCUT2D eigenvalue weighted by atomic mass is 10.0. The van der Waals surface area contributed by atoms with Gasteiger partial charge in [-0.3, -0.25) is 0 Å². The molecule has 0 aliphatic rings. The lowest BCUT2D eigenvalue weighted by Crippen LogP contribution is -1.93. The van der Waals surface area contributed by atoms with Crippen LogP contribution in [0.5, 0.6) is 0 Å². The zero-order valence-corrected chi connectivity index (χ0v) is 11.7. The molecule has 100 valence electrons. The molecule has 20 heavy (non-hydrogen) atoms. The van der Waals surface area contributed by atoms with Crippen LogP contribution in [0.15, 0.2) is 48.5 Å². The summed E-state index contributed by atoms with van der Waals surface area (Å²) in [5, 5.41) is 10.6. The van der Waals surface area contributed by atoms with Gasteiger partial charge in [0.05, 0.1) is 17.8 Å². The van der Waals surface area contributed by atoms with Crippen LogP contribution in [0.3, 0.4) is 0 Å². The van der Waals surface area contributed by atoms with Crippen molar-refractivity contribution in [2.45, 2.75) is 20.5 Å². The number of benzene rings is 2. The first-order valence-electron chi connectivity index (χ1n) is 6.76. The molecule has 0 saturated carbocycles. The Bertz CT molecular complexity index is 777. The maximum absolute atomic E-state index is 9.58. The number of hydrogen-bond donors (Lipinski definition) is 1. The quantitative estimate of drug-likeness (QED) is 0.757. The predicted molar refractivity (Wildman–Crippen MR) is 82.6 cm³/mol. The van der Waals surface area contributed by atoms with Gasteiger partial charge in [0, 0.05) is 10.9 Å². The number of nitrogens with zero attached hydrogens (tertiary/aromatic N) is 1. The van der Waals surface area contributed by atoms with Gasteiger partial charge in [0.1, 0.15) is 0 Å². The monoisotopic (exact) mass is 263 g/mol. The highest BCUT2D eigenvalue weighted by molar-refractivity contribution is 5.85. The van der Waals surface area contributed by atoms with Crippen LogP contribution in [-0.4, -0.2) is 10.1 Å². The maximum Gasteiger partial charge on any atom is 0.0713 e. The third kappa shape index (κ3) is 2.19. The average Bonchev–Trinajstić information content (AvgIpc) is 2.49. The van der Waals surface area contributed by atoms with Crippen molar-refractivity contribution < 1.29 is 5.11 Å². The van der Waals surface area contributed by atoms with Crippen LogP contribution >= 0.6 is 0 Å². The standard InChI is InChI=1S/C18H17NO/c1-12-7-8-14(9-13(12)2)18-10-15(11-20)16-5-3-4-6-17(16)19-18/h3-10,20H,11H2,1-2H3. The summed E-state index contributed by atoms with van der Waals surface area (Å²) in [6.45, 7) is 4.24. The Balaban J connectivity index is 2.23. The van der Waals surface area contributed by atoms with Crippen molar-refractivity contribution in [3.63, 3.8) is 0 Å². The van der Waals surface area contributed by atoms with Crippen LogP contribution in [0.4, 0.5) is 0 Å². The van der Waals surface area contributed by atoms with E-state index in [2.05, 4.69) is 32.0 Å². The van der Waals surface area contributed by atoms with Gasteiger partial charge >= 0.3 is 0 Å². The normalized spacial score (nSPS) is 10.9. The first-order valence-corrected chi connectivity index (χ1v) is 6.76. The first-order chi connectivity index (χ1) is 9.69. The smallest absolute Gasteiger partial charge is 0.0713 e. The van der Waals surface area contributed by atoms with Gasteiger partial charge in [-0.1, -0.05) is 30.3 Å². The number of hydrogen-bond acceptors (Lipinski definition) is 2. The van der Waals surface area contributed by atoms with Gasteiger partial charge in [0.2, 0.25) is 0 Å². The van der Waals surface area contributed by atoms with Crippen LogP contribution < -0.4 is 0 Å². The van der Waals surface area contributed by atoms with Crippen LogP contribution in [-0.2, 0) is 6.61 Å². The van der Waals surface area contributed by atoms with E-state index in [-0.39, 0.29) is 6.61 Å². The van der Waals surface area contributed by atoms with Crippen molar-refractivity contribution in [3.05, 3.63) is 65.2 Å². The van der Waals surface area contributed by atoms with E-state index in [0.29, 0.717) is 0 Å². The van der Waals surface area contributed by atoms with Gasteiger partial charge in [-0.2, -0.15) is 0 Å². The number of pyridine rings is 1. The fourth-order valence-corrected chi connectivity index (χ4v) is 2.43. The largest absolute Gasteiger partial charge is 0.392 e. The molecule has 0 radical (unpaired) electrons. The highest BCUT2D eigenvalue weighted by Crippen LogP contribution is 2.26. The van der Waals surface area contributed by atoms with Gasteiger partial charge in [-0.05, 0) is 48.7 Å². The first kappa shape index (κ1) is 12.8. The van der Waals surface area contributed by atoms with E-state index in [4.69, 9.17) is 4.98 Å². The Morgan fingerprint density at radius 1 is 0.950 bits per heavy atom. The van der Waals surface area contributed by atoms with E-state index in [9.17, 15) is 5.11 Å². The number of aliphatic hydroxyl groups excluding tert-OH is 1. The number of aromatic nitrogens is 1. The molecule has 3 rings (SSSR count). The molecule has 2 aromatic carbocycles. The molecule has 1 aromatic heterocycles. The molecule has 3 aromatic rings. The summed E-state index contributed by atoms with van der Waals surface area (Å²) in [5.41, 5.74) is 6.38. The summed E-state index contributed by atoms with van der Waals surface area (Å²) in [7, 11) is 0. The maximum atomic E-state index is 9.58. The molecule has 0 saturated heterocycles. The molecule has 0 unspecified atom stereocenters. The van der Waals surface area contributed by atoms with E-state index in [1.807, 2.05) is 30.3 Å². The SMILES string of the molecule is Cc1ccc(-c2cc(CO)c3ccccc3n2)cc1C. The minimum atomic E-state index is 0.0286. The van der Waals surface area contributed by atoms with Crippen molar-refractivity contribution in [1.29, 1.82) is 0 Å². The fraction of sp³-hybridized carbons (Fsp3) is 0.167. The number of aryl methyl sites for hydroxylation is 2. The average molecular weight is 263 g/mol. The van der Waals surface area contributed by atoms with Crippen LogP contribution in [0.1, 0.15) is 16.7 Å². The van der Waals surface area contributed by atoms with Gasteiger partial charge in [-0.15, -0.1) is 0 Å². The molecular formula is C18H17NO. The molecule has 1 N–H and O–H groups in total. The second kappa shape index (κ2) is 5.06. The second-order valence-electron chi connectivity index (χ2n) is 5.14. The minimum absolute atomic E-state index is 0.0286. The third-order valence-corrected chi connectivity index (χ3v) is 3.77. The van der Waals surface area contributed by atoms with Crippen LogP contribution in [0, 0.1) is 13.8 Å². The van der Waals surface area contributed by atoms with Crippen LogP contribution in [0.25, 0.3) is 22.2 Å². The van der Waals surface area contributed by atoms with E-state index in [1.54, 1.807) is 0 Å². The van der Waals surface area contributed by atoms with E-state index in [0.717, 1.165) is 27.7 Å². The Morgan fingerprint density at radius 3 is 2.50 bits per heavy atom. The summed E-state index contributed by atoms with van der Waals surface area (Å²) in [6.07, 6.45) is 0. The Morgan fingerprint density at radius 2 is 1.75 bits per heavy atom. The number of fused-ring (bicyclic) bond motifs is 1. The molecule has 0 spiro atoms. The zero-order chi connectivity index (χ0) is 14.1. The summed E-state index contributed by atoms with van der Waals surface area (Å²) < 4.78 is 0. The van der Waals surface area contributed by atoms with Crippen LogP contribution in [0.2, 0.25) is 0 Å². The molecule has 0 atom stereocenters. The molecule has 0 amide bonds. The molecule has 0 bridgehead atoms. The van der Waals surface area contributed by atoms with Gasteiger partial charge in [-0.25, -0.2) is 4.98 Å². The van der Waals surface area contributed by atoms with Crippen molar-refractivity contribution in [2.75, 3.05) is 0 Å². The topological polar surface area (TPSA) is 33.1 Å². The highest BCUT2D eigenvalue weighted by atomic mass is 16.3. The van der Waals surface area contributed by atoms with Gasteiger partial charge in [0.15, 0.2) is 0 Å². The lowest BCUT2D eigenvalue weighted by Gasteiger charge is -2.09. The molecule has 0 aliphatic heterocycles. The zero-order valence-electron chi connectivity index (χ0n) is 11.7. The summed E-state index contributed by atoms with van der Waals surface area (Å²) in [6, 6.07) is 16.2. The summed E-state index contributed by atoms with van der Waals surface area (Å²) in [4.78, 5) is 4.71. The Hall–Kier alpha value is -2.19. The second-order valence-corrected chi connectivity index (χ2v) is 5.14. The minimum Gasteiger partial charge on any atom is -0.392 e. The van der Waals surface area contributed by atoms with E-state index < -0.39 is 0 Å². The van der Waals surface area contributed by atoms with Crippen molar-refractivity contribution in [1.82, 2.24) is 4.98 Å². The third-order valence-electron chi connectivity index (χ3n) is 3.77. The molecule has 2 nitrogen and oxygen atoms in total. The molecule has 2 heteroatoms. The Labute approximate surface area is 118 Å². The fourth-order valence-electron chi connectivity index (χ4n) is 2.43. The highest BCUT2D eigenvalue weighted by Gasteiger charge is 2.07. The molecular weight excluding hydrogens is 246 g/mol. The molecule has 0 aliphatic carbocycles. The van der Waals surface area contributed by atoms with Crippen molar-refractivity contribution >= 4 is 10.9 Å². The summed E-state index contributed by atoms with van der Waals surface area (Å²) in [5.74, 6) is 0. The van der Waals surface area contributed by atoms with Gasteiger partial charge in [0.25, 0.3) is 0 Å². The number of aliphatic hydroxyl groups is 1. The summed E-state index contributed by atoms with van der Waals surface area (Å²) >= 11 is 0. The van der Waals surface area contributed by atoms with Crippen molar-refractivity contribution in [2.24, 2.45) is 0 Å². The molecule has 0 fully saturated rings. The van der Waals surface area contributed by atoms with E-state index >= 15 is 0 Å². The van der Waals surface area contributed by atoms with E-state index in [1.165, 1.54) is 11.1 Å². The predicted octanol–water partition coefficient (Wildman–Crippen LogP) is 4.01. The lowest BCUT2D eigenvalue weighted by molar-refractivity contribution is 0.283. The number of rotatable bonds is 2. The molecule has 1 heterocycles. The Kier molecular flexibility index (Phi) is 3.25. The van der Waals surface area contributed by atoms with Gasteiger partial charge < -0.3 is 5.11 Å². The van der Waals surface area contributed by atoms with Crippen molar-refractivity contribution in [3.8, 4) is 11.3 Å².